The normalized spacial score (nSPS) is 11.5. The quantitative estimate of drug-likeness (QED) is 0.470. The maximum atomic E-state index is 11.9. The molecule has 5 heteroatoms. The van der Waals surface area contributed by atoms with Crippen LogP contribution in [-0.2, 0) is 17.8 Å². The minimum Gasteiger partial charge on any atom is -0.497 e. The number of carbonyl (C=O) groups excluding carboxylic acids is 1. The van der Waals surface area contributed by atoms with E-state index in [1.54, 1.807) is 14.0 Å². The fraction of sp³-hybridized carbons (Fsp3) is 0.333. The molecular weight excluding hydrogens is 384 g/mol. The van der Waals surface area contributed by atoms with Crippen LogP contribution in [0.5, 0.6) is 5.75 Å². The Morgan fingerprint density at radius 3 is 2.59 bits per heavy atom. The van der Waals surface area contributed by atoms with Crippen molar-refractivity contribution in [2.24, 2.45) is 5.41 Å². The number of methoxy groups -OCH3 is 1. The molecule has 0 amide bonds. The molecule has 0 aliphatic rings. The van der Waals surface area contributed by atoms with Gasteiger partial charge in [0.1, 0.15) is 11.5 Å². The Labute approximate surface area is 177 Å². The third-order valence-electron chi connectivity index (χ3n) is 5.43. The van der Waals surface area contributed by atoms with Gasteiger partial charge in [-0.25, -0.2) is 0 Å². The van der Waals surface area contributed by atoms with Gasteiger partial charge in [0.05, 0.1) is 25.0 Å². The molecule has 0 fully saturated rings. The smallest absolute Gasteiger partial charge is 0.135 e. The number of rotatable bonds is 8. The number of hydrogen-bond acceptors (Lipinski definition) is 3. The summed E-state index contributed by atoms with van der Waals surface area (Å²) in [5.74, 6) is 0.994. The van der Waals surface area contributed by atoms with E-state index in [0.717, 1.165) is 46.1 Å². The Balaban J connectivity index is 1.96. The first-order chi connectivity index (χ1) is 13.8. The maximum absolute atomic E-state index is 11.9. The summed E-state index contributed by atoms with van der Waals surface area (Å²) in [7, 11) is 1.66. The van der Waals surface area contributed by atoms with Crippen molar-refractivity contribution in [2.75, 3.05) is 7.11 Å². The molecule has 2 aromatic carbocycles. The van der Waals surface area contributed by atoms with Crippen molar-refractivity contribution in [2.45, 2.75) is 40.2 Å². The SMILES string of the molecule is COc1cccc(-c2cc(CCC(C)(C)C(C)=O)nn2Cc2ccccc2Cl)c1. The fourth-order valence-corrected chi connectivity index (χ4v) is 3.33. The molecule has 0 atom stereocenters. The van der Waals surface area contributed by atoms with Gasteiger partial charge < -0.3 is 4.74 Å². The minimum absolute atomic E-state index is 0.195. The van der Waals surface area contributed by atoms with Gasteiger partial charge in [0.2, 0.25) is 0 Å². The van der Waals surface area contributed by atoms with E-state index in [9.17, 15) is 4.79 Å². The lowest BCUT2D eigenvalue weighted by Crippen LogP contribution is -2.22. The van der Waals surface area contributed by atoms with Crippen molar-refractivity contribution in [3.63, 3.8) is 0 Å². The molecule has 4 nitrogen and oxygen atoms in total. The Kier molecular flexibility index (Phi) is 6.43. The van der Waals surface area contributed by atoms with Crippen molar-refractivity contribution in [3.05, 3.63) is 70.9 Å². The van der Waals surface area contributed by atoms with E-state index in [2.05, 4.69) is 6.07 Å². The lowest BCUT2D eigenvalue weighted by Gasteiger charge is -2.19. The number of benzene rings is 2. The van der Waals surface area contributed by atoms with E-state index in [1.807, 2.05) is 67.1 Å². The van der Waals surface area contributed by atoms with Crippen LogP contribution in [0.25, 0.3) is 11.3 Å². The molecule has 1 heterocycles. The zero-order valence-corrected chi connectivity index (χ0v) is 18.2. The van der Waals surface area contributed by atoms with Crippen LogP contribution in [0.3, 0.4) is 0 Å². The first-order valence-corrected chi connectivity index (χ1v) is 10.1. The second-order valence-corrected chi connectivity index (χ2v) is 8.35. The van der Waals surface area contributed by atoms with Crippen LogP contribution in [0.1, 0.15) is 38.4 Å². The van der Waals surface area contributed by atoms with Gasteiger partial charge in [-0.15, -0.1) is 0 Å². The summed E-state index contributed by atoms with van der Waals surface area (Å²) in [5.41, 5.74) is 3.64. The molecule has 3 aromatic rings. The van der Waals surface area contributed by atoms with E-state index >= 15 is 0 Å². The number of aromatic nitrogens is 2. The molecule has 0 unspecified atom stereocenters. The van der Waals surface area contributed by atoms with Crippen molar-refractivity contribution in [1.82, 2.24) is 9.78 Å². The van der Waals surface area contributed by atoms with E-state index in [-0.39, 0.29) is 11.2 Å². The highest BCUT2D eigenvalue weighted by atomic mass is 35.5. The molecule has 0 aliphatic carbocycles. The molecule has 0 bridgehead atoms. The van der Waals surface area contributed by atoms with Crippen molar-refractivity contribution >= 4 is 17.4 Å². The number of ether oxygens (including phenoxy) is 1. The van der Waals surface area contributed by atoms with Gasteiger partial charge >= 0.3 is 0 Å². The van der Waals surface area contributed by atoms with E-state index in [4.69, 9.17) is 21.4 Å². The summed E-state index contributed by atoms with van der Waals surface area (Å²) >= 11 is 6.38. The molecule has 0 saturated carbocycles. The number of aryl methyl sites for hydroxylation is 1. The highest BCUT2D eigenvalue weighted by molar-refractivity contribution is 6.31. The third kappa shape index (κ3) is 5.07. The Hall–Kier alpha value is -2.59. The highest BCUT2D eigenvalue weighted by Crippen LogP contribution is 2.29. The molecular formula is C24H27ClN2O2. The molecule has 0 saturated heterocycles. The largest absolute Gasteiger partial charge is 0.497 e. The topological polar surface area (TPSA) is 44.1 Å². The van der Waals surface area contributed by atoms with Crippen LogP contribution < -0.4 is 4.74 Å². The second-order valence-electron chi connectivity index (χ2n) is 7.94. The summed E-state index contributed by atoms with van der Waals surface area (Å²) in [4.78, 5) is 11.9. The molecule has 0 radical (unpaired) electrons. The molecule has 1 aromatic heterocycles. The van der Waals surface area contributed by atoms with Crippen molar-refractivity contribution < 1.29 is 9.53 Å². The van der Waals surface area contributed by atoms with E-state index in [1.165, 1.54) is 0 Å². The number of carbonyl (C=O) groups is 1. The van der Waals surface area contributed by atoms with Gasteiger partial charge in [0.25, 0.3) is 0 Å². The Bertz CT molecular complexity index is 1010. The predicted molar refractivity (Wildman–Crippen MR) is 118 cm³/mol. The van der Waals surface area contributed by atoms with Crippen LogP contribution in [0.2, 0.25) is 5.02 Å². The van der Waals surface area contributed by atoms with Crippen molar-refractivity contribution in [1.29, 1.82) is 0 Å². The van der Waals surface area contributed by atoms with E-state index < -0.39 is 0 Å². The minimum atomic E-state index is -0.358. The maximum Gasteiger partial charge on any atom is 0.135 e. The molecule has 152 valence electrons. The van der Waals surface area contributed by atoms with Gasteiger partial charge in [0, 0.05) is 16.0 Å². The average molecular weight is 411 g/mol. The Morgan fingerprint density at radius 1 is 1.14 bits per heavy atom. The zero-order valence-electron chi connectivity index (χ0n) is 17.4. The Morgan fingerprint density at radius 2 is 1.90 bits per heavy atom. The van der Waals surface area contributed by atoms with Gasteiger partial charge in [-0.2, -0.15) is 5.10 Å². The monoisotopic (exact) mass is 410 g/mol. The molecule has 0 aliphatic heterocycles. The van der Waals surface area contributed by atoms with Gasteiger partial charge in [-0.05, 0) is 49.6 Å². The number of ketones is 1. The lowest BCUT2D eigenvalue weighted by atomic mass is 9.83. The van der Waals surface area contributed by atoms with Gasteiger partial charge in [-0.1, -0.05) is 55.8 Å². The lowest BCUT2D eigenvalue weighted by molar-refractivity contribution is -0.125. The van der Waals surface area contributed by atoms with Crippen LogP contribution in [0, 0.1) is 5.41 Å². The van der Waals surface area contributed by atoms with Crippen molar-refractivity contribution in [3.8, 4) is 17.0 Å². The summed E-state index contributed by atoms with van der Waals surface area (Å²) in [6.07, 6.45) is 1.49. The van der Waals surface area contributed by atoms with Gasteiger partial charge in [-0.3, -0.25) is 9.48 Å². The van der Waals surface area contributed by atoms with Crippen LogP contribution >= 0.6 is 11.6 Å². The van der Waals surface area contributed by atoms with Crippen LogP contribution in [0.4, 0.5) is 0 Å². The molecule has 29 heavy (non-hydrogen) atoms. The molecule has 0 N–H and O–H groups in total. The zero-order chi connectivity index (χ0) is 21.0. The summed E-state index contributed by atoms with van der Waals surface area (Å²) < 4.78 is 7.37. The summed E-state index contributed by atoms with van der Waals surface area (Å²) in [6.45, 7) is 6.19. The molecule has 0 spiro atoms. The van der Waals surface area contributed by atoms with Crippen LogP contribution in [-0.4, -0.2) is 22.7 Å². The average Bonchev–Trinajstić information content (AvgIpc) is 3.11. The first kappa shape index (κ1) is 21.1. The van der Waals surface area contributed by atoms with E-state index in [0.29, 0.717) is 6.54 Å². The predicted octanol–water partition coefficient (Wildman–Crippen LogP) is 5.81. The van der Waals surface area contributed by atoms with Gasteiger partial charge in [0.15, 0.2) is 0 Å². The molecule has 3 rings (SSSR count). The first-order valence-electron chi connectivity index (χ1n) is 9.76. The number of Topliss-reactive ketones (excluding diaryl/α,β-unsaturated/α-hetero) is 1. The standard InChI is InChI=1S/C24H27ClN2O2/c1-17(28)24(2,3)13-12-20-15-23(18-9-7-10-21(14-18)29-4)27(26-20)16-19-8-5-6-11-22(19)25/h5-11,14-15H,12-13,16H2,1-4H3. The third-order valence-corrected chi connectivity index (χ3v) is 5.80. The number of halogens is 1. The second kappa shape index (κ2) is 8.83. The summed E-state index contributed by atoms with van der Waals surface area (Å²) in [5, 5.41) is 5.57. The number of hydrogen-bond donors (Lipinski definition) is 0. The fourth-order valence-electron chi connectivity index (χ4n) is 3.13. The highest BCUT2D eigenvalue weighted by Gasteiger charge is 2.24. The van der Waals surface area contributed by atoms with Crippen LogP contribution in [0.15, 0.2) is 54.6 Å². The number of nitrogens with zero attached hydrogens (tertiary/aromatic N) is 2. The summed E-state index contributed by atoms with van der Waals surface area (Å²) in [6, 6.07) is 17.9.